The summed E-state index contributed by atoms with van der Waals surface area (Å²) in [6, 6.07) is 8.88. The van der Waals surface area contributed by atoms with E-state index in [1.165, 1.54) is 0 Å². The summed E-state index contributed by atoms with van der Waals surface area (Å²) in [5.41, 5.74) is 2.57. The molecule has 2 aromatic heterocycles. The number of benzene rings is 1. The van der Waals surface area contributed by atoms with Crippen molar-refractivity contribution in [2.75, 3.05) is 27.2 Å². The predicted octanol–water partition coefficient (Wildman–Crippen LogP) is -0.338. The second kappa shape index (κ2) is 10.9. The lowest BCUT2D eigenvalue weighted by Gasteiger charge is -2.39. The molecule has 1 unspecified atom stereocenters. The first-order valence-corrected chi connectivity index (χ1v) is 11.5. The van der Waals surface area contributed by atoms with Crippen LogP contribution in [-0.2, 0) is 24.1 Å². The van der Waals surface area contributed by atoms with Crippen LogP contribution in [0.15, 0.2) is 36.5 Å². The number of aryl methyl sites for hydroxylation is 2. The standard InChI is InChI=1S/C24H32N4O7/c1-27(2)11-12-28-22-18(15(9-10-25-22)6-3-14-4-7-16(30)8-5-14)23(26-28)35-24-21(33)20(32)19(31)17(13-29)34-24/h4-5,7-10,17,19-21,24,29-33H,3,6,11-13H2,1-2H3/t17-,19-,20+,21-,24?/m1/s1. The molecule has 190 valence electrons. The third-order valence-electron chi connectivity index (χ3n) is 6.14. The molecule has 5 N–H and O–H groups in total. The van der Waals surface area contributed by atoms with E-state index in [0.29, 0.717) is 37.0 Å². The minimum absolute atomic E-state index is 0.178. The Labute approximate surface area is 202 Å². The molecule has 0 spiro atoms. The first kappa shape index (κ1) is 25.3. The molecule has 4 rings (SSSR count). The van der Waals surface area contributed by atoms with Gasteiger partial charge in [0.2, 0.25) is 12.2 Å². The molecule has 0 radical (unpaired) electrons. The van der Waals surface area contributed by atoms with E-state index < -0.39 is 37.3 Å². The highest BCUT2D eigenvalue weighted by atomic mass is 16.7. The monoisotopic (exact) mass is 488 g/mol. The first-order valence-electron chi connectivity index (χ1n) is 11.5. The van der Waals surface area contributed by atoms with Crippen LogP contribution in [0.2, 0.25) is 0 Å². The van der Waals surface area contributed by atoms with E-state index in [1.54, 1.807) is 23.0 Å². The van der Waals surface area contributed by atoms with Crippen molar-refractivity contribution in [2.45, 2.75) is 50.1 Å². The Balaban J connectivity index is 1.67. The average molecular weight is 489 g/mol. The second-order valence-corrected chi connectivity index (χ2v) is 8.98. The SMILES string of the molecule is CN(C)CCn1nc(OC2O[C@H](CO)[C@@H](O)[C@H](O)[C@H]2O)c2c(CCc3ccc(O)cc3)ccnc21. The van der Waals surface area contributed by atoms with E-state index in [1.807, 2.05) is 37.2 Å². The van der Waals surface area contributed by atoms with Crippen LogP contribution in [-0.4, -0.2) is 103 Å². The van der Waals surface area contributed by atoms with Gasteiger partial charge in [0.25, 0.3) is 0 Å². The van der Waals surface area contributed by atoms with Crippen LogP contribution in [0.5, 0.6) is 11.6 Å². The zero-order valence-corrected chi connectivity index (χ0v) is 19.7. The maximum atomic E-state index is 10.5. The topological polar surface area (TPSA) is 154 Å². The molecular formula is C24H32N4O7. The number of phenols is 1. The minimum atomic E-state index is -1.56. The summed E-state index contributed by atoms with van der Waals surface area (Å²) in [6.07, 6.45) is -3.99. The number of phenolic OH excluding ortho intramolecular Hbond substituents is 1. The van der Waals surface area contributed by atoms with Crippen LogP contribution in [0.3, 0.4) is 0 Å². The van der Waals surface area contributed by atoms with Gasteiger partial charge in [-0.3, -0.25) is 0 Å². The fourth-order valence-electron chi connectivity index (χ4n) is 4.08. The normalized spacial score (nSPS) is 24.8. The lowest BCUT2D eigenvalue weighted by atomic mass is 9.99. The average Bonchev–Trinajstić information content (AvgIpc) is 3.20. The molecule has 1 saturated heterocycles. The van der Waals surface area contributed by atoms with Crippen molar-refractivity contribution < 1.29 is 35.0 Å². The van der Waals surface area contributed by atoms with Crippen molar-refractivity contribution in [3.8, 4) is 11.6 Å². The van der Waals surface area contributed by atoms with E-state index in [2.05, 4.69) is 10.1 Å². The van der Waals surface area contributed by atoms with Gasteiger partial charge in [0.15, 0.2) is 5.65 Å². The summed E-state index contributed by atoms with van der Waals surface area (Å²) in [5.74, 6) is 0.384. The number of aromatic nitrogens is 3. The number of aromatic hydroxyl groups is 1. The highest BCUT2D eigenvalue weighted by Gasteiger charge is 2.45. The van der Waals surface area contributed by atoms with Gasteiger partial charge in [0.05, 0.1) is 18.5 Å². The predicted molar refractivity (Wildman–Crippen MR) is 126 cm³/mol. The van der Waals surface area contributed by atoms with Gasteiger partial charge < -0.3 is 39.9 Å². The molecule has 0 amide bonds. The summed E-state index contributed by atoms with van der Waals surface area (Å²) >= 11 is 0. The number of fused-ring (bicyclic) bond motifs is 1. The molecule has 11 nitrogen and oxygen atoms in total. The molecule has 35 heavy (non-hydrogen) atoms. The van der Waals surface area contributed by atoms with Crippen LogP contribution in [0.25, 0.3) is 11.0 Å². The number of ether oxygens (including phenoxy) is 2. The van der Waals surface area contributed by atoms with Crippen molar-refractivity contribution in [3.63, 3.8) is 0 Å². The molecular weight excluding hydrogens is 456 g/mol. The summed E-state index contributed by atoms with van der Waals surface area (Å²) in [4.78, 5) is 6.53. The van der Waals surface area contributed by atoms with Crippen LogP contribution in [0, 0.1) is 0 Å². The van der Waals surface area contributed by atoms with Gasteiger partial charge in [-0.1, -0.05) is 12.1 Å². The molecule has 1 aromatic carbocycles. The number of hydrogen-bond donors (Lipinski definition) is 5. The number of aliphatic hydroxyl groups excluding tert-OH is 4. The van der Waals surface area contributed by atoms with E-state index in [0.717, 1.165) is 11.1 Å². The molecule has 3 heterocycles. The molecule has 5 atom stereocenters. The maximum absolute atomic E-state index is 10.5. The largest absolute Gasteiger partial charge is 0.508 e. The van der Waals surface area contributed by atoms with Gasteiger partial charge in [-0.15, -0.1) is 5.10 Å². The number of likely N-dealkylation sites (N-methyl/N-ethyl adjacent to an activating group) is 1. The number of pyridine rings is 1. The molecule has 0 bridgehead atoms. The van der Waals surface area contributed by atoms with Crippen molar-refractivity contribution in [1.29, 1.82) is 0 Å². The van der Waals surface area contributed by atoms with Gasteiger partial charge in [-0.25, -0.2) is 9.67 Å². The Hall–Kier alpha value is -2.80. The third-order valence-corrected chi connectivity index (χ3v) is 6.14. The Bertz CT molecular complexity index is 1120. The van der Waals surface area contributed by atoms with Crippen LogP contribution < -0.4 is 4.74 Å². The fourth-order valence-corrected chi connectivity index (χ4v) is 4.08. The number of rotatable bonds is 9. The summed E-state index contributed by atoms with van der Waals surface area (Å²) in [6.45, 7) is 0.688. The Kier molecular flexibility index (Phi) is 7.85. The second-order valence-electron chi connectivity index (χ2n) is 8.98. The van der Waals surface area contributed by atoms with Gasteiger partial charge in [0.1, 0.15) is 30.2 Å². The Morgan fingerprint density at radius 1 is 1.03 bits per heavy atom. The highest BCUT2D eigenvalue weighted by Crippen LogP contribution is 2.31. The summed E-state index contributed by atoms with van der Waals surface area (Å²) < 4.78 is 13.2. The quantitative estimate of drug-likeness (QED) is 0.270. The number of aliphatic hydroxyl groups is 4. The first-order chi connectivity index (χ1) is 16.8. The fraction of sp³-hybridized carbons (Fsp3) is 0.500. The van der Waals surface area contributed by atoms with Gasteiger partial charge >= 0.3 is 0 Å². The molecule has 1 fully saturated rings. The van der Waals surface area contributed by atoms with Crippen molar-refractivity contribution >= 4 is 11.0 Å². The van der Waals surface area contributed by atoms with Gasteiger partial charge in [-0.05, 0) is 56.3 Å². The highest BCUT2D eigenvalue weighted by molar-refractivity contribution is 5.85. The van der Waals surface area contributed by atoms with E-state index in [9.17, 15) is 25.5 Å². The van der Waals surface area contributed by atoms with E-state index in [4.69, 9.17) is 9.47 Å². The van der Waals surface area contributed by atoms with Crippen LogP contribution in [0.4, 0.5) is 0 Å². The molecule has 1 aliphatic rings. The van der Waals surface area contributed by atoms with Crippen LogP contribution in [0.1, 0.15) is 11.1 Å². The summed E-state index contributed by atoms with van der Waals surface area (Å²) in [7, 11) is 3.90. The number of hydrogen-bond acceptors (Lipinski definition) is 10. The number of nitrogens with zero attached hydrogens (tertiary/aromatic N) is 4. The van der Waals surface area contributed by atoms with E-state index >= 15 is 0 Å². The molecule has 11 heteroatoms. The van der Waals surface area contributed by atoms with Crippen molar-refractivity contribution in [2.24, 2.45) is 0 Å². The zero-order chi connectivity index (χ0) is 25.1. The third kappa shape index (κ3) is 5.56. The van der Waals surface area contributed by atoms with Crippen molar-refractivity contribution in [1.82, 2.24) is 19.7 Å². The van der Waals surface area contributed by atoms with E-state index in [-0.39, 0.29) is 11.6 Å². The summed E-state index contributed by atoms with van der Waals surface area (Å²) in [5, 5.41) is 55.0. The minimum Gasteiger partial charge on any atom is -0.508 e. The van der Waals surface area contributed by atoms with Gasteiger partial charge in [0, 0.05) is 12.7 Å². The van der Waals surface area contributed by atoms with Crippen LogP contribution >= 0.6 is 0 Å². The molecule has 3 aromatic rings. The lowest BCUT2D eigenvalue weighted by molar-refractivity contribution is -0.278. The smallest absolute Gasteiger partial charge is 0.245 e. The maximum Gasteiger partial charge on any atom is 0.245 e. The molecule has 0 saturated carbocycles. The Morgan fingerprint density at radius 3 is 2.46 bits per heavy atom. The lowest BCUT2D eigenvalue weighted by Crippen LogP contribution is -2.60. The Morgan fingerprint density at radius 2 is 1.77 bits per heavy atom. The van der Waals surface area contributed by atoms with Gasteiger partial charge in [-0.2, -0.15) is 0 Å². The van der Waals surface area contributed by atoms with Crippen molar-refractivity contribution in [3.05, 3.63) is 47.7 Å². The zero-order valence-electron chi connectivity index (χ0n) is 19.7. The molecule has 0 aliphatic carbocycles. The molecule has 1 aliphatic heterocycles.